The maximum atomic E-state index is 11.2. The summed E-state index contributed by atoms with van der Waals surface area (Å²) in [7, 11) is -2.91. The number of nitriles is 1. The summed E-state index contributed by atoms with van der Waals surface area (Å²) in [6, 6.07) is 8.68. The fraction of sp³-hybridized carbons (Fsp3) is 0.364. The molecule has 84 valence electrons. The van der Waals surface area contributed by atoms with Crippen LogP contribution in [0.15, 0.2) is 24.3 Å². The molecule has 2 rings (SSSR count). The molecule has 5 heteroatoms. The van der Waals surface area contributed by atoms with Crippen molar-refractivity contribution in [2.75, 3.05) is 11.5 Å². The Kier molecular flexibility index (Phi) is 2.84. The van der Waals surface area contributed by atoms with E-state index in [2.05, 4.69) is 0 Å². The van der Waals surface area contributed by atoms with Crippen LogP contribution < -0.4 is 4.74 Å². The summed E-state index contributed by atoms with van der Waals surface area (Å²) in [6.07, 6.45) is 0.292. The molecule has 0 spiro atoms. The van der Waals surface area contributed by atoms with Gasteiger partial charge in [-0.3, -0.25) is 0 Å². The van der Waals surface area contributed by atoms with Gasteiger partial charge in [-0.25, -0.2) is 8.42 Å². The normalized spacial score (nSPS) is 22.6. The van der Waals surface area contributed by atoms with Crippen LogP contribution in [0.1, 0.15) is 12.0 Å². The summed E-state index contributed by atoms with van der Waals surface area (Å²) in [6.45, 7) is 0. The van der Waals surface area contributed by atoms with E-state index in [1.54, 1.807) is 24.3 Å². The van der Waals surface area contributed by atoms with E-state index in [1.165, 1.54) is 0 Å². The molecule has 1 aromatic carbocycles. The Morgan fingerprint density at radius 2 is 2.00 bits per heavy atom. The van der Waals surface area contributed by atoms with E-state index in [4.69, 9.17) is 10.00 Å². The standard InChI is InChI=1S/C11H11NO3S/c12-7-9-1-3-10(4-2-9)15-11-5-6-16(13,14)8-11/h1-4,11H,5-6,8H2. The maximum absolute atomic E-state index is 11.2. The zero-order valence-electron chi connectivity index (χ0n) is 8.59. The predicted molar refractivity (Wildman–Crippen MR) is 58.8 cm³/mol. The molecule has 0 aromatic heterocycles. The lowest BCUT2D eigenvalue weighted by Crippen LogP contribution is -2.17. The number of ether oxygens (including phenoxy) is 1. The van der Waals surface area contributed by atoms with E-state index >= 15 is 0 Å². The van der Waals surface area contributed by atoms with Crippen LogP contribution >= 0.6 is 0 Å². The molecule has 0 bridgehead atoms. The molecular weight excluding hydrogens is 226 g/mol. The molecule has 1 aliphatic rings. The lowest BCUT2D eigenvalue weighted by molar-refractivity contribution is 0.229. The van der Waals surface area contributed by atoms with Crippen molar-refractivity contribution in [1.82, 2.24) is 0 Å². The molecule has 1 saturated heterocycles. The monoisotopic (exact) mass is 237 g/mol. The van der Waals surface area contributed by atoms with Crippen LogP contribution in [0.3, 0.4) is 0 Å². The van der Waals surface area contributed by atoms with Gasteiger partial charge in [-0.1, -0.05) is 0 Å². The van der Waals surface area contributed by atoms with Gasteiger partial charge in [0.05, 0.1) is 23.1 Å². The van der Waals surface area contributed by atoms with Crippen molar-refractivity contribution < 1.29 is 13.2 Å². The summed E-state index contributed by atoms with van der Waals surface area (Å²) in [5.74, 6) is 0.905. The third-order valence-corrected chi connectivity index (χ3v) is 4.21. The lowest BCUT2D eigenvalue weighted by Gasteiger charge is -2.11. The van der Waals surface area contributed by atoms with Crippen LogP contribution in [0.2, 0.25) is 0 Å². The highest BCUT2D eigenvalue weighted by molar-refractivity contribution is 7.91. The van der Waals surface area contributed by atoms with Crippen LogP contribution in [0.4, 0.5) is 0 Å². The first-order valence-electron chi connectivity index (χ1n) is 4.96. The van der Waals surface area contributed by atoms with Gasteiger partial charge in [-0.2, -0.15) is 5.26 Å². The van der Waals surface area contributed by atoms with Crippen LogP contribution in [-0.4, -0.2) is 26.0 Å². The minimum Gasteiger partial charge on any atom is -0.489 e. The molecule has 1 aromatic rings. The average molecular weight is 237 g/mol. The van der Waals surface area contributed by atoms with Crippen LogP contribution in [-0.2, 0) is 9.84 Å². The summed E-state index contributed by atoms with van der Waals surface area (Å²) in [4.78, 5) is 0. The van der Waals surface area contributed by atoms with Crippen LogP contribution in [0.25, 0.3) is 0 Å². The van der Waals surface area contributed by atoms with Crippen molar-refractivity contribution in [3.8, 4) is 11.8 Å². The first-order valence-corrected chi connectivity index (χ1v) is 6.78. The quantitative estimate of drug-likeness (QED) is 0.773. The van der Waals surface area contributed by atoms with Crippen molar-refractivity contribution in [2.45, 2.75) is 12.5 Å². The summed E-state index contributed by atoms with van der Waals surface area (Å²) < 4.78 is 27.9. The molecule has 0 aliphatic carbocycles. The molecular formula is C11H11NO3S. The van der Waals surface area contributed by atoms with Crippen LogP contribution in [0, 0.1) is 11.3 Å². The SMILES string of the molecule is N#Cc1ccc(OC2CCS(=O)(=O)C2)cc1. The van der Waals surface area contributed by atoms with Gasteiger partial charge in [0.25, 0.3) is 0 Å². The topological polar surface area (TPSA) is 67.2 Å². The molecule has 1 aliphatic heterocycles. The van der Waals surface area contributed by atoms with Crippen molar-refractivity contribution in [3.63, 3.8) is 0 Å². The van der Waals surface area contributed by atoms with E-state index in [-0.39, 0.29) is 17.6 Å². The Morgan fingerprint density at radius 3 is 2.50 bits per heavy atom. The van der Waals surface area contributed by atoms with Gasteiger partial charge >= 0.3 is 0 Å². The minimum atomic E-state index is -2.91. The third kappa shape index (κ3) is 2.52. The lowest BCUT2D eigenvalue weighted by atomic mass is 10.2. The van der Waals surface area contributed by atoms with Gasteiger partial charge in [-0.15, -0.1) is 0 Å². The molecule has 1 fully saturated rings. The molecule has 4 nitrogen and oxygen atoms in total. The molecule has 0 amide bonds. The molecule has 0 saturated carbocycles. The van der Waals surface area contributed by atoms with Crippen molar-refractivity contribution in [1.29, 1.82) is 5.26 Å². The maximum Gasteiger partial charge on any atom is 0.154 e. The van der Waals surface area contributed by atoms with E-state index in [0.29, 0.717) is 17.7 Å². The van der Waals surface area contributed by atoms with Crippen molar-refractivity contribution in [3.05, 3.63) is 29.8 Å². The number of benzene rings is 1. The van der Waals surface area contributed by atoms with E-state index in [1.807, 2.05) is 6.07 Å². The van der Waals surface area contributed by atoms with Gasteiger partial charge in [0.15, 0.2) is 9.84 Å². The van der Waals surface area contributed by atoms with Gasteiger partial charge in [0, 0.05) is 0 Å². The highest BCUT2D eigenvalue weighted by Gasteiger charge is 2.29. The van der Waals surface area contributed by atoms with Crippen molar-refractivity contribution in [2.24, 2.45) is 0 Å². The van der Waals surface area contributed by atoms with Gasteiger partial charge < -0.3 is 4.74 Å². The Labute approximate surface area is 94.4 Å². The third-order valence-electron chi connectivity index (χ3n) is 2.48. The Balaban J connectivity index is 2.03. The Hall–Kier alpha value is -1.54. The molecule has 1 heterocycles. The van der Waals surface area contributed by atoms with Crippen molar-refractivity contribution >= 4 is 9.84 Å². The Morgan fingerprint density at radius 1 is 1.31 bits per heavy atom. The predicted octanol–water partition coefficient (Wildman–Crippen LogP) is 1.12. The zero-order chi connectivity index (χ0) is 11.6. The first kappa shape index (κ1) is 11.0. The zero-order valence-corrected chi connectivity index (χ0v) is 9.40. The second kappa shape index (κ2) is 4.14. The number of hydrogen-bond donors (Lipinski definition) is 0. The van der Waals surface area contributed by atoms with E-state index in [0.717, 1.165) is 0 Å². The second-order valence-corrected chi connectivity index (χ2v) is 6.01. The summed E-state index contributed by atoms with van der Waals surface area (Å²) >= 11 is 0. The van der Waals surface area contributed by atoms with Gasteiger partial charge in [-0.05, 0) is 30.7 Å². The molecule has 0 radical (unpaired) electrons. The average Bonchev–Trinajstić information content (AvgIpc) is 2.59. The fourth-order valence-corrected chi connectivity index (χ4v) is 3.24. The number of nitrogens with zero attached hydrogens (tertiary/aromatic N) is 1. The first-order chi connectivity index (χ1) is 7.59. The van der Waals surface area contributed by atoms with Crippen LogP contribution in [0.5, 0.6) is 5.75 Å². The molecule has 0 N–H and O–H groups in total. The highest BCUT2D eigenvalue weighted by Crippen LogP contribution is 2.19. The summed E-state index contributed by atoms with van der Waals surface area (Å²) in [5.41, 5.74) is 0.561. The van der Waals surface area contributed by atoms with Gasteiger partial charge in [0.2, 0.25) is 0 Å². The smallest absolute Gasteiger partial charge is 0.154 e. The Bertz CT molecular complexity index is 513. The number of sulfone groups is 1. The molecule has 16 heavy (non-hydrogen) atoms. The van der Waals surface area contributed by atoms with E-state index in [9.17, 15) is 8.42 Å². The fourth-order valence-electron chi connectivity index (χ4n) is 1.65. The second-order valence-electron chi connectivity index (χ2n) is 3.78. The molecule has 1 unspecified atom stereocenters. The number of hydrogen-bond acceptors (Lipinski definition) is 4. The number of rotatable bonds is 2. The summed E-state index contributed by atoms with van der Waals surface area (Å²) in [5, 5.41) is 8.61. The van der Waals surface area contributed by atoms with Gasteiger partial charge in [0.1, 0.15) is 11.9 Å². The minimum absolute atomic E-state index is 0.0903. The van der Waals surface area contributed by atoms with E-state index < -0.39 is 9.84 Å². The molecule has 1 atom stereocenters. The highest BCUT2D eigenvalue weighted by atomic mass is 32.2. The largest absolute Gasteiger partial charge is 0.489 e.